The molecule has 0 fully saturated rings. The fraction of sp³-hybridized carbons (Fsp3) is 0.125. The Hall–Kier alpha value is -3.00. The van der Waals surface area contributed by atoms with Gasteiger partial charge in [0.15, 0.2) is 11.7 Å². The molecule has 0 aliphatic carbocycles. The van der Waals surface area contributed by atoms with Gasteiger partial charge in [-0.1, -0.05) is 23.5 Å². The summed E-state index contributed by atoms with van der Waals surface area (Å²) < 4.78 is 4.64. The van der Waals surface area contributed by atoms with Gasteiger partial charge in [0.25, 0.3) is 5.91 Å². The van der Waals surface area contributed by atoms with E-state index < -0.39 is 11.9 Å². The Balaban J connectivity index is 1.73. The van der Waals surface area contributed by atoms with Gasteiger partial charge in [-0.05, 0) is 24.3 Å². The second kappa shape index (κ2) is 6.63. The molecule has 0 saturated heterocycles. The maximum Gasteiger partial charge on any atom is 0.303 e. The Morgan fingerprint density at radius 3 is 2.62 bits per heavy atom. The minimum atomic E-state index is -0.495. The Labute approximate surface area is 141 Å². The fourth-order valence-electron chi connectivity index (χ4n) is 2.08. The molecule has 3 aromatic rings. The lowest BCUT2D eigenvalue weighted by Gasteiger charge is -2.06. The summed E-state index contributed by atoms with van der Waals surface area (Å²) in [7, 11) is 0. The van der Waals surface area contributed by atoms with Gasteiger partial charge in [0, 0.05) is 18.2 Å². The standard InChI is InChI=1S/C16H14N4O3S/c1-9(21)23-8-14(22)18-11-4-2-10(3-5-11)12-6-7-13-15(19-12)24-16(17)20-13/h2-7H,8H2,1H3,(H2,17,20)(H,18,22). The van der Waals surface area contributed by atoms with Crippen LogP contribution in [-0.2, 0) is 14.3 Å². The number of nitrogens with two attached hydrogens (primary N) is 1. The van der Waals surface area contributed by atoms with Crippen molar-refractivity contribution in [1.82, 2.24) is 9.97 Å². The lowest BCUT2D eigenvalue weighted by molar-refractivity contribution is -0.144. The van der Waals surface area contributed by atoms with Crippen molar-refractivity contribution in [2.45, 2.75) is 6.92 Å². The average Bonchev–Trinajstić information content (AvgIpc) is 2.93. The first-order chi connectivity index (χ1) is 11.5. The number of fused-ring (bicyclic) bond motifs is 1. The zero-order chi connectivity index (χ0) is 17.1. The van der Waals surface area contributed by atoms with Gasteiger partial charge >= 0.3 is 5.97 Å². The molecular weight excluding hydrogens is 328 g/mol. The van der Waals surface area contributed by atoms with Crippen molar-refractivity contribution >= 4 is 44.4 Å². The molecular formula is C16H14N4O3S. The number of thiazole rings is 1. The van der Waals surface area contributed by atoms with E-state index in [1.54, 1.807) is 12.1 Å². The molecule has 0 unspecified atom stereocenters. The topological polar surface area (TPSA) is 107 Å². The number of anilines is 2. The minimum Gasteiger partial charge on any atom is -0.456 e. The largest absolute Gasteiger partial charge is 0.456 e. The second-order valence-corrected chi connectivity index (χ2v) is 5.99. The van der Waals surface area contributed by atoms with Crippen molar-refractivity contribution in [2.75, 3.05) is 17.7 Å². The molecule has 1 amide bonds. The lowest BCUT2D eigenvalue weighted by Crippen LogP contribution is -2.19. The number of hydrogen-bond donors (Lipinski definition) is 2. The molecule has 2 heterocycles. The molecule has 0 radical (unpaired) electrons. The molecule has 0 aliphatic rings. The summed E-state index contributed by atoms with van der Waals surface area (Å²) in [5, 5.41) is 3.13. The molecule has 8 heteroatoms. The van der Waals surface area contributed by atoms with Crippen LogP contribution in [0.4, 0.5) is 10.8 Å². The molecule has 0 atom stereocenters. The molecule has 0 saturated carbocycles. The maximum absolute atomic E-state index is 11.6. The smallest absolute Gasteiger partial charge is 0.303 e. The first kappa shape index (κ1) is 15.9. The van der Waals surface area contributed by atoms with Gasteiger partial charge in [0.1, 0.15) is 10.3 Å². The van der Waals surface area contributed by atoms with E-state index in [1.807, 2.05) is 24.3 Å². The molecule has 0 spiro atoms. The highest BCUT2D eigenvalue weighted by Gasteiger charge is 2.07. The molecule has 7 nitrogen and oxygen atoms in total. The molecule has 3 N–H and O–H groups in total. The molecule has 0 aliphatic heterocycles. The Bertz CT molecular complexity index is 905. The fourth-order valence-corrected chi connectivity index (χ4v) is 2.79. The van der Waals surface area contributed by atoms with Crippen LogP contribution >= 0.6 is 11.3 Å². The van der Waals surface area contributed by atoms with Crippen LogP contribution in [0.15, 0.2) is 36.4 Å². The van der Waals surface area contributed by atoms with E-state index >= 15 is 0 Å². The van der Waals surface area contributed by atoms with Gasteiger partial charge in [0.05, 0.1) is 5.69 Å². The number of nitrogens with one attached hydrogen (secondary N) is 1. The third-order valence-electron chi connectivity index (χ3n) is 3.14. The van der Waals surface area contributed by atoms with Gasteiger partial charge < -0.3 is 15.8 Å². The third kappa shape index (κ3) is 3.66. The summed E-state index contributed by atoms with van der Waals surface area (Å²) in [5.74, 6) is -0.886. The van der Waals surface area contributed by atoms with Crippen LogP contribution in [0.5, 0.6) is 0 Å². The van der Waals surface area contributed by atoms with Crippen molar-refractivity contribution in [3.8, 4) is 11.3 Å². The van der Waals surface area contributed by atoms with Crippen LogP contribution in [0, 0.1) is 0 Å². The Morgan fingerprint density at radius 2 is 1.92 bits per heavy atom. The van der Waals surface area contributed by atoms with E-state index in [2.05, 4.69) is 20.0 Å². The number of carbonyl (C=O) groups excluding carboxylic acids is 2. The van der Waals surface area contributed by atoms with Gasteiger partial charge in [-0.25, -0.2) is 9.97 Å². The minimum absolute atomic E-state index is 0.303. The molecule has 2 aromatic heterocycles. The average molecular weight is 342 g/mol. The number of nitrogens with zero attached hydrogens (tertiary/aromatic N) is 2. The monoisotopic (exact) mass is 342 g/mol. The number of benzene rings is 1. The van der Waals surface area contributed by atoms with Crippen LogP contribution < -0.4 is 11.1 Å². The van der Waals surface area contributed by atoms with E-state index in [0.29, 0.717) is 10.8 Å². The summed E-state index contributed by atoms with van der Waals surface area (Å²) in [6.07, 6.45) is 0. The van der Waals surface area contributed by atoms with Crippen LogP contribution in [0.3, 0.4) is 0 Å². The normalized spacial score (nSPS) is 10.5. The Morgan fingerprint density at radius 1 is 1.17 bits per heavy atom. The first-order valence-corrected chi connectivity index (χ1v) is 7.89. The number of ether oxygens (including phenoxy) is 1. The third-order valence-corrected chi connectivity index (χ3v) is 3.94. The highest BCUT2D eigenvalue weighted by molar-refractivity contribution is 7.21. The molecule has 24 heavy (non-hydrogen) atoms. The maximum atomic E-state index is 11.6. The number of rotatable bonds is 4. The van der Waals surface area contributed by atoms with Crippen LogP contribution in [-0.4, -0.2) is 28.5 Å². The number of aromatic nitrogens is 2. The van der Waals surface area contributed by atoms with E-state index in [4.69, 9.17) is 5.73 Å². The summed E-state index contributed by atoms with van der Waals surface area (Å²) in [6, 6.07) is 11.0. The number of amides is 1. The summed E-state index contributed by atoms with van der Waals surface area (Å²) in [6.45, 7) is 0.949. The van der Waals surface area contributed by atoms with Crippen molar-refractivity contribution in [3.05, 3.63) is 36.4 Å². The number of pyridine rings is 1. The van der Waals surface area contributed by atoms with Crippen LogP contribution in [0.25, 0.3) is 21.6 Å². The number of esters is 1. The predicted molar refractivity (Wildman–Crippen MR) is 92.5 cm³/mol. The van der Waals surface area contributed by atoms with Crippen molar-refractivity contribution in [3.63, 3.8) is 0 Å². The first-order valence-electron chi connectivity index (χ1n) is 7.08. The van der Waals surface area contributed by atoms with Gasteiger partial charge in [-0.3, -0.25) is 9.59 Å². The Kier molecular flexibility index (Phi) is 4.39. The summed E-state index contributed by atoms with van der Waals surface area (Å²) >= 11 is 1.34. The highest BCUT2D eigenvalue weighted by Crippen LogP contribution is 2.26. The van der Waals surface area contributed by atoms with Crippen molar-refractivity contribution < 1.29 is 14.3 Å². The zero-order valence-corrected chi connectivity index (χ0v) is 13.6. The van der Waals surface area contributed by atoms with Crippen LogP contribution in [0.1, 0.15) is 6.92 Å². The molecule has 0 bridgehead atoms. The highest BCUT2D eigenvalue weighted by atomic mass is 32.1. The number of hydrogen-bond acceptors (Lipinski definition) is 7. The molecule has 3 rings (SSSR count). The van der Waals surface area contributed by atoms with Gasteiger partial charge in [-0.15, -0.1) is 0 Å². The SMILES string of the molecule is CC(=O)OCC(=O)Nc1ccc(-c2ccc3nc(N)sc3n2)cc1. The summed E-state index contributed by atoms with van der Waals surface area (Å²) in [4.78, 5) is 31.8. The second-order valence-electron chi connectivity index (χ2n) is 4.98. The molecule has 122 valence electrons. The number of carbonyl (C=O) groups is 2. The van der Waals surface area contributed by atoms with E-state index in [9.17, 15) is 9.59 Å². The van der Waals surface area contributed by atoms with Crippen molar-refractivity contribution in [2.24, 2.45) is 0 Å². The molecule has 1 aromatic carbocycles. The predicted octanol–water partition coefficient (Wildman–Crippen LogP) is 2.44. The van der Waals surface area contributed by atoms with E-state index in [1.165, 1.54) is 18.3 Å². The van der Waals surface area contributed by atoms with Crippen molar-refractivity contribution in [1.29, 1.82) is 0 Å². The van der Waals surface area contributed by atoms with E-state index in [0.717, 1.165) is 21.6 Å². The van der Waals surface area contributed by atoms with E-state index in [-0.39, 0.29) is 6.61 Å². The quantitative estimate of drug-likeness (QED) is 0.705. The van der Waals surface area contributed by atoms with Gasteiger partial charge in [-0.2, -0.15) is 0 Å². The summed E-state index contributed by atoms with van der Waals surface area (Å²) in [5.41, 5.74) is 8.77. The lowest BCUT2D eigenvalue weighted by atomic mass is 10.1. The van der Waals surface area contributed by atoms with Gasteiger partial charge in [0.2, 0.25) is 0 Å². The number of nitrogen functional groups attached to an aromatic ring is 1. The zero-order valence-electron chi connectivity index (χ0n) is 12.8. The van der Waals surface area contributed by atoms with Crippen LogP contribution in [0.2, 0.25) is 0 Å².